The number of carbonyl (C=O) groups is 1. The normalized spacial score (nSPS) is 14.9. The summed E-state index contributed by atoms with van der Waals surface area (Å²) in [5.74, 6) is 0.00320. The van der Waals surface area contributed by atoms with Crippen LogP contribution in [0.15, 0.2) is 54.6 Å². The molecule has 1 unspecified atom stereocenters. The molecule has 0 aliphatic heterocycles. The fourth-order valence-electron chi connectivity index (χ4n) is 2.85. The van der Waals surface area contributed by atoms with Crippen molar-refractivity contribution in [1.29, 1.82) is 0 Å². The van der Waals surface area contributed by atoms with Gasteiger partial charge in [-0.05, 0) is 49.3 Å². The molecule has 0 saturated heterocycles. The summed E-state index contributed by atoms with van der Waals surface area (Å²) < 4.78 is 0. The number of hydrogen-bond acceptors (Lipinski definition) is 2. The fourth-order valence-corrected chi connectivity index (χ4v) is 3.30. The van der Waals surface area contributed by atoms with Crippen LogP contribution in [0, 0.1) is 5.92 Å². The number of rotatable bonds is 7. The molecule has 1 atom stereocenters. The predicted molar refractivity (Wildman–Crippen MR) is 103 cm³/mol. The lowest BCUT2D eigenvalue weighted by Gasteiger charge is -2.16. The van der Waals surface area contributed by atoms with E-state index in [2.05, 4.69) is 53.8 Å². The molecule has 0 radical (unpaired) electrons. The highest BCUT2D eigenvalue weighted by Crippen LogP contribution is 2.22. The van der Waals surface area contributed by atoms with Gasteiger partial charge in [0.15, 0.2) is 0 Å². The fraction of sp³-hybridized carbons (Fsp3) is 0.333. The van der Waals surface area contributed by atoms with Crippen molar-refractivity contribution in [3.8, 4) is 11.1 Å². The summed E-state index contributed by atoms with van der Waals surface area (Å²) in [6, 6.07) is 19.5. The Bertz CT molecular complexity index is 704. The van der Waals surface area contributed by atoms with E-state index >= 15 is 0 Å². The van der Waals surface area contributed by atoms with Gasteiger partial charge in [0.2, 0.25) is 0 Å². The molecule has 1 N–H and O–H groups in total. The van der Waals surface area contributed by atoms with E-state index in [-0.39, 0.29) is 11.7 Å². The molecular formula is C21H23NOS. The second kappa shape index (κ2) is 7.71. The Kier molecular flexibility index (Phi) is 5.41. The topological polar surface area (TPSA) is 29.1 Å². The molecule has 1 saturated carbocycles. The zero-order chi connectivity index (χ0) is 16.9. The molecule has 124 valence electrons. The Hall–Kier alpha value is -2.00. The molecule has 0 heterocycles. The summed E-state index contributed by atoms with van der Waals surface area (Å²) in [5.41, 5.74) is 3.68. The van der Waals surface area contributed by atoms with Crippen LogP contribution in [0.1, 0.15) is 31.7 Å². The second-order valence-electron chi connectivity index (χ2n) is 6.55. The van der Waals surface area contributed by atoms with Crippen molar-refractivity contribution in [2.45, 2.75) is 38.6 Å². The molecule has 3 heteroatoms. The molecule has 2 aromatic rings. The molecule has 0 aromatic heterocycles. The van der Waals surface area contributed by atoms with Crippen LogP contribution in [0.2, 0.25) is 0 Å². The third-order valence-corrected chi connectivity index (χ3v) is 4.92. The lowest BCUT2D eigenvalue weighted by molar-refractivity contribution is -0.119. The second-order valence-corrected chi connectivity index (χ2v) is 6.99. The summed E-state index contributed by atoms with van der Waals surface area (Å²) in [5, 5.41) is 3.31. The number of carbonyl (C=O) groups excluding carboxylic acids is 1. The smallest absolute Gasteiger partial charge is 0.139 e. The molecule has 0 amide bonds. The standard InChI is InChI=1S/C21H23NOS/c1-15(23)20(21(24)22-19-12-13-19)14-9-16-7-10-18(11-8-16)17-5-3-2-4-6-17/h2-8,10-11,19-20H,9,12-14H2,1H3,(H,22,24). The van der Waals surface area contributed by atoms with Gasteiger partial charge >= 0.3 is 0 Å². The van der Waals surface area contributed by atoms with Gasteiger partial charge in [0.05, 0.1) is 10.9 Å². The Balaban J connectivity index is 1.60. The van der Waals surface area contributed by atoms with E-state index in [1.54, 1.807) is 6.92 Å². The maximum Gasteiger partial charge on any atom is 0.139 e. The third-order valence-electron chi connectivity index (χ3n) is 4.51. The van der Waals surface area contributed by atoms with Crippen LogP contribution in [-0.4, -0.2) is 16.8 Å². The quantitative estimate of drug-likeness (QED) is 0.750. The first-order valence-corrected chi connectivity index (χ1v) is 8.99. The Labute approximate surface area is 149 Å². The van der Waals surface area contributed by atoms with Crippen LogP contribution in [0.3, 0.4) is 0 Å². The van der Waals surface area contributed by atoms with Crippen molar-refractivity contribution in [2.24, 2.45) is 5.92 Å². The summed E-state index contributed by atoms with van der Waals surface area (Å²) in [6.07, 6.45) is 3.99. The molecular weight excluding hydrogens is 314 g/mol. The van der Waals surface area contributed by atoms with Crippen molar-refractivity contribution in [3.63, 3.8) is 0 Å². The summed E-state index contributed by atoms with van der Waals surface area (Å²) >= 11 is 5.44. The summed E-state index contributed by atoms with van der Waals surface area (Å²) in [7, 11) is 0. The largest absolute Gasteiger partial charge is 0.376 e. The van der Waals surface area contributed by atoms with E-state index in [4.69, 9.17) is 12.2 Å². The molecule has 0 spiro atoms. The van der Waals surface area contributed by atoms with Gasteiger partial charge in [-0.25, -0.2) is 0 Å². The average Bonchev–Trinajstić information content (AvgIpc) is 3.40. The Morgan fingerprint density at radius 3 is 2.29 bits per heavy atom. The minimum Gasteiger partial charge on any atom is -0.376 e. The average molecular weight is 337 g/mol. The van der Waals surface area contributed by atoms with E-state index in [9.17, 15) is 4.79 Å². The van der Waals surface area contributed by atoms with Crippen LogP contribution < -0.4 is 5.32 Å². The Morgan fingerprint density at radius 1 is 1.08 bits per heavy atom. The highest BCUT2D eigenvalue weighted by Gasteiger charge is 2.26. The highest BCUT2D eigenvalue weighted by atomic mass is 32.1. The third kappa shape index (κ3) is 4.51. The molecule has 2 aromatic carbocycles. The molecule has 24 heavy (non-hydrogen) atoms. The van der Waals surface area contributed by atoms with Gasteiger partial charge in [0.25, 0.3) is 0 Å². The molecule has 1 fully saturated rings. The number of nitrogens with one attached hydrogen (secondary N) is 1. The van der Waals surface area contributed by atoms with Crippen molar-refractivity contribution in [3.05, 3.63) is 60.2 Å². The lowest BCUT2D eigenvalue weighted by Crippen LogP contribution is -2.34. The highest BCUT2D eigenvalue weighted by molar-refractivity contribution is 7.80. The number of aryl methyl sites for hydroxylation is 1. The van der Waals surface area contributed by atoms with Crippen LogP contribution >= 0.6 is 12.2 Å². The number of thiocarbonyl (C=S) groups is 1. The molecule has 3 rings (SSSR count). The number of ketones is 1. The van der Waals surface area contributed by atoms with Gasteiger partial charge in [-0.15, -0.1) is 0 Å². The SMILES string of the molecule is CC(=O)C(CCc1ccc(-c2ccccc2)cc1)C(=S)NC1CC1. The predicted octanol–water partition coefficient (Wildman–Crippen LogP) is 4.57. The van der Waals surface area contributed by atoms with Crippen molar-refractivity contribution < 1.29 is 4.79 Å². The monoisotopic (exact) mass is 337 g/mol. The van der Waals surface area contributed by atoms with E-state index in [0.29, 0.717) is 6.04 Å². The first kappa shape index (κ1) is 16.8. The van der Waals surface area contributed by atoms with E-state index < -0.39 is 0 Å². The van der Waals surface area contributed by atoms with Gasteiger partial charge in [0, 0.05) is 6.04 Å². The van der Waals surface area contributed by atoms with Crippen LogP contribution in [0.25, 0.3) is 11.1 Å². The van der Waals surface area contributed by atoms with Gasteiger partial charge in [-0.2, -0.15) is 0 Å². The van der Waals surface area contributed by atoms with Crippen molar-refractivity contribution in [1.82, 2.24) is 5.32 Å². The van der Waals surface area contributed by atoms with Gasteiger partial charge in [-0.1, -0.05) is 66.8 Å². The van der Waals surface area contributed by atoms with Crippen LogP contribution in [-0.2, 0) is 11.2 Å². The zero-order valence-electron chi connectivity index (χ0n) is 14.0. The molecule has 1 aliphatic carbocycles. The van der Waals surface area contributed by atoms with E-state index in [1.807, 2.05) is 6.07 Å². The maximum atomic E-state index is 11.9. The number of benzene rings is 2. The Morgan fingerprint density at radius 2 is 1.71 bits per heavy atom. The molecule has 1 aliphatic rings. The minimum atomic E-state index is -0.158. The molecule has 2 nitrogen and oxygen atoms in total. The summed E-state index contributed by atoms with van der Waals surface area (Å²) in [6.45, 7) is 1.64. The lowest BCUT2D eigenvalue weighted by atomic mass is 9.95. The molecule has 0 bridgehead atoms. The first-order valence-electron chi connectivity index (χ1n) is 8.58. The van der Waals surface area contributed by atoms with Gasteiger partial charge in [0.1, 0.15) is 5.78 Å². The maximum absolute atomic E-state index is 11.9. The number of Topliss-reactive ketones (excluding diaryl/α,β-unsaturated/α-hetero) is 1. The van der Waals surface area contributed by atoms with Crippen molar-refractivity contribution in [2.75, 3.05) is 0 Å². The van der Waals surface area contributed by atoms with Gasteiger partial charge < -0.3 is 5.32 Å². The van der Waals surface area contributed by atoms with Gasteiger partial charge in [-0.3, -0.25) is 4.79 Å². The summed E-state index contributed by atoms with van der Waals surface area (Å²) in [4.78, 5) is 12.6. The first-order chi connectivity index (χ1) is 11.6. The minimum absolute atomic E-state index is 0.158. The van der Waals surface area contributed by atoms with Crippen molar-refractivity contribution >= 4 is 23.0 Å². The van der Waals surface area contributed by atoms with Crippen LogP contribution in [0.5, 0.6) is 0 Å². The van der Waals surface area contributed by atoms with E-state index in [0.717, 1.165) is 17.8 Å². The van der Waals surface area contributed by atoms with Crippen LogP contribution in [0.4, 0.5) is 0 Å². The van der Waals surface area contributed by atoms with E-state index in [1.165, 1.54) is 29.5 Å². The number of hydrogen-bond donors (Lipinski definition) is 1. The zero-order valence-corrected chi connectivity index (χ0v) is 14.8.